The molecule has 0 aromatic heterocycles. The molecule has 2 rings (SSSR count). The molecule has 0 unspecified atom stereocenters. The quantitative estimate of drug-likeness (QED) is 0.862. The molecule has 2 aliphatic rings. The molecule has 22 heavy (non-hydrogen) atoms. The standard InChI is InChI=1S/C17H34N4O/c1-17(2,3)15-5-8-21(9-6-15)16(22)18-7-10-20-13-11-19(4)12-14-20/h15H,5-14H2,1-4H3,(H,18,22). The van der Waals surface area contributed by atoms with E-state index in [0.717, 1.165) is 71.1 Å². The van der Waals surface area contributed by atoms with Gasteiger partial charge in [-0.25, -0.2) is 4.79 Å². The van der Waals surface area contributed by atoms with Gasteiger partial charge in [0.1, 0.15) is 0 Å². The van der Waals surface area contributed by atoms with Crippen molar-refractivity contribution in [1.29, 1.82) is 0 Å². The Balaban J connectivity index is 1.62. The SMILES string of the molecule is CN1CCN(CCNC(=O)N2CCC(C(C)(C)C)CC2)CC1. The molecule has 128 valence electrons. The number of nitrogens with zero attached hydrogens (tertiary/aromatic N) is 3. The summed E-state index contributed by atoms with van der Waals surface area (Å²) in [5.74, 6) is 0.738. The van der Waals surface area contributed by atoms with Crippen molar-refractivity contribution in [3.8, 4) is 0 Å². The molecule has 0 bridgehead atoms. The molecular formula is C17H34N4O. The Morgan fingerprint density at radius 1 is 1.05 bits per heavy atom. The van der Waals surface area contributed by atoms with Crippen LogP contribution in [0, 0.1) is 11.3 Å². The molecule has 0 aromatic carbocycles. The van der Waals surface area contributed by atoms with Crippen LogP contribution in [-0.4, -0.2) is 80.1 Å². The van der Waals surface area contributed by atoms with Gasteiger partial charge in [-0.15, -0.1) is 0 Å². The third-order valence-electron chi connectivity index (χ3n) is 5.31. The number of rotatable bonds is 3. The van der Waals surface area contributed by atoms with E-state index in [4.69, 9.17) is 0 Å². The van der Waals surface area contributed by atoms with Gasteiger partial charge in [0.15, 0.2) is 0 Å². The summed E-state index contributed by atoms with van der Waals surface area (Å²) in [4.78, 5) is 19.0. The van der Waals surface area contributed by atoms with E-state index in [-0.39, 0.29) is 6.03 Å². The van der Waals surface area contributed by atoms with E-state index in [1.165, 1.54) is 0 Å². The number of carbonyl (C=O) groups excluding carboxylic acids is 1. The number of likely N-dealkylation sites (N-methyl/N-ethyl adjacent to an activating group) is 1. The Morgan fingerprint density at radius 2 is 1.64 bits per heavy atom. The molecule has 2 aliphatic heterocycles. The number of piperidine rings is 1. The number of likely N-dealkylation sites (tertiary alicyclic amines) is 1. The lowest BCUT2D eigenvalue weighted by Gasteiger charge is -2.38. The van der Waals surface area contributed by atoms with E-state index in [2.05, 4.69) is 42.9 Å². The second-order valence-electron chi connectivity index (χ2n) is 8.00. The van der Waals surface area contributed by atoms with Crippen LogP contribution >= 0.6 is 0 Å². The largest absolute Gasteiger partial charge is 0.337 e. The number of amides is 2. The van der Waals surface area contributed by atoms with Gasteiger partial charge in [-0.2, -0.15) is 0 Å². The van der Waals surface area contributed by atoms with Crippen molar-refractivity contribution < 1.29 is 4.79 Å². The van der Waals surface area contributed by atoms with Crippen molar-refractivity contribution in [3.05, 3.63) is 0 Å². The molecule has 0 spiro atoms. The zero-order valence-corrected chi connectivity index (χ0v) is 14.9. The highest BCUT2D eigenvalue weighted by atomic mass is 16.2. The lowest BCUT2D eigenvalue weighted by Crippen LogP contribution is -2.49. The maximum absolute atomic E-state index is 12.2. The van der Waals surface area contributed by atoms with Gasteiger partial charge in [-0.1, -0.05) is 20.8 Å². The Hall–Kier alpha value is -0.810. The van der Waals surface area contributed by atoms with Crippen molar-refractivity contribution in [1.82, 2.24) is 20.0 Å². The normalized spacial score (nSPS) is 22.8. The molecule has 0 aliphatic carbocycles. The predicted octanol–water partition coefficient (Wildman–Crippen LogP) is 1.70. The minimum absolute atomic E-state index is 0.126. The average Bonchev–Trinajstić information content (AvgIpc) is 2.48. The summed E-state index contributed by atoms with van der Waals surface area (Å²) in [6.45, 7) is 15.0. The van der Waals surface area contributed by atoms with Crippen molar-refractivity contribution in [2.75, 3.05) is 59.4 Å². The van der Waals surface area contributed by atoms with Crippen molar-refractivity contribution in [3.63, 3.8) is 0 Å². The Kier molecular flexibility index (Phi) is 6.09. The zero-order chi connectivity index (χ0) is 16.2. The van der Waals surface area contributed by atoms with Gasteiger partial charge < -0.3 is 15.1 Å². The Morgan fingerprint density at radius 3 is 2.18 bits per heavy atom. The minimum atomic E-state index is 0.126. The molecule has 1 N–H and O–H groups in total. The molecule has 5 heteroatoms. The fraction of sp³-hybridized carbons (Fsp3) is 0.941. The van der Waals surface area contributed by atoms with Gasteiger partial charge in [0.05, 0.1) is 0 Å². The monoisotopic (exact) mass is 310 g/mol. The van der Waals surface area contributed by atoms with Gasteiger partial charge in [0.2, 0.25) is 0 Å². The summed E-state index contributed by atoms with van der Waals surface area (Å²) in [5, 5.41) is 3.10. The summed E-state index contributed by atoms with van der Waals surface area (Å²) < 4.78 is 0. The van der Waals surface area contributed by atoms with Crippen LogP contribution < -0.4 is 5.32 Å². The van der Waals surface area contributed by atoms with Gasteiger partial charge in [-0.05, 0) is 31.2 Å². The highest BCUT2D eigenvalue weighted by molar-refractivity contribution is 5.74. The molecule has 0 atom stereocenters. The first kappa shape index (κ1) is 17.5. The second-order valence-corrected chi connectivity index (χ2v) is 8.00. The van der Waals surface area contributed by atoms with E-state index in [1.807, 2.05) is 4.90 Å². The summed E-state index contributed by atoms with van der Waals surface area (Å²) in [7, 11) is 2.17. The maximum Gasteiger partial charge on any atom is 0.317 e. The molecule has 0 aromatic rings. The topological polar surface area (TPSA) is 38.8 Å². The zero-order valence-electron chi connectivity index (χ0n) is 14.9. The number of carbonyl (C=O) groups is 1. The van der Waals surface area contributed by atoms with Crippen LogP contribution in [0.5, 0.6) is 0 Å². The van der Waals surface area contributed by atoms with Gasteiger partial charge in [-0.3, -0.25) is 4.90 Å². The first-order valence-corrected chi connectivity index (χ1v) is 8.80. The number of nitrogens with one attached hydrogen (secondary N) is 1. The highest BCUT2D eigenvalue weighted by Crippen LogP contribution is 2.34. The van der Waals surface area contributed by atoms with Crippen LogP contribution in [0.2, 0.25) is 0 Å². The summed E-state index contributed by atoms with van der Waals surface area (Å²) in [6, 6.07) is 0.126. The molecular weight excluding hydrogens is 276 g/mol. The van der Waals surface area contributed by atoms with E-state index < -0.39 is 0 Å². The van der Waals surface area contributed by atoms with Crippen LogP contribution in [-0.2, 0) is 0 Å². The second kappa shape index (κ2) is 7.64. The van der Waals surface area contributed by atoms with Crippen molar-refractivity contribution in [2.24, 2.45) is 11.3 Å². The molecule has 2 amide bonds. The van der Waals surface area contributed by atoms with Crippen molar-refractivity contribution in [2.45, 2.75) is 33.6 Å². The van der Waals surface area contributed by atoms with Crippen LogP contribution in [0.3, 0.4) is 0 Å². The van der Waals surface area contributed by atoms with Gasteiger partial charge >= 0.3 is 6.03 Å². The van der Waals surface area contributed by atoms with Crippen molar-refractivity contribution >= 4 is 6.03 Å². The lowest BCUT2D eigenvalue weighted by atomic mass is 9.75. The fourth-order valence-corrected chi connectivity index (χ4v) is 3.45. The summed E-state index contributed by atoms with van der Waals surface area (Å²) in [6.07, 6.45) is 2.27. The highest BCUT2D eigenvalue weighted by Gasteiger charge is 2.30. The average molecular weight is 310 g/mol. The first-order valence-electron chi connectivity index (χ1n) is 8.80. The Labute approximate surface area is 136 Å². The molecule has 0 saturated carbocycles. The smallest absolute Gasteiger partial charge is 0.317 e. The van der Waals surface area contributed by atoms with E-state index in [0.29, 0.717) is 5.41 Å². The maximum atomic E-state index is 12.2. The number of hydrogen-bond donors (Lipinski definition) is 1. The van der Waals surface area contributed by atoms with Crippen LogP contribution in [0.4, 0.5) is 4.79 Å². The van der Waals surface area contributed by atoms with Gasteiger partial charge in [0, 0.05) is 52.4 Å². The molecule has 2 saturated heterocycles. The van der Waals surface area contributed by atoms with Crippen LogP contribution in [0.25, 0.3) is 0 Å². The van der Waals surface area contributed by atoms with E-state index in [1.54, 1.807) is 0 Å². The number of hydrogen-bond acceptors (Lipinski definition) is 3. The van der Waals surface area contributed by atoms with Gasteiger partial charge in [0.25, 0.3) is 0 Å². The summed E-state index contributed by atoms with van der Waals surface area (Å²) in [5.41, 5.74) is 0.365. The molecule has 2 fully saturated rings. The molecule has 0 radical (unpaired) electrons. The molecule has 5 nitrogen and oxygen atoms in total. The van der Waals surface area contributed by atoms with Crippen LogP contribution in [0.15, 0.2) is 0 Å². The first-order chi connectivity index (χ1) is 10.4. The minimum Gasteiger partial charge on any atom is -0.337 e. The van der Waals surface area contributed by atoms with E-state index >= 15 is 0 Å². The third-order valence-corrected chi connectivity index (χ3v) is 5.31. The van der Waals surface area contributed by atoms with E-state index in [9.17, 15) is 4.79 Å². The lowest BCUT2D eigenvalue weighted by molar-refractivity contribution is 0.120. The third kappa shape index (κ3) is 5.13. The predicted molar refractivity (Wildman–Crippen MR) is 91.1 cm³/mol. The molecule has 2 heterocycles. The Bertz CT molecular complexity index is 350. The fourth-order valence-electron chi connectivity index (χ4n) is 3.45. The number of piperazine rings is 1. The number of urea groups is 1. The van der Waals surface area contributed by atoms with Crippen LogP contribution in [0.1, 0.15) is 33.6 Å². The summed E-state index contributed by atoms with van der Waals surface area (Å²) >= 11 is 0.